The summed E-state index contributed by atoms with van der Waals surface area (Å²) < 4.78 is 10.7. The van der Waals surface area contributed by atoms with Crippen LogP contribution in [0.4, 0.5) is 0 Å². The Bertz CT molecular complexity index is 465. The number of halogens is 1. The van der Waals surface area contributed by atoms with Gasteiger partial charge in [-0.1, -0.05) is 40.2 Å². The molecule has 0 saturated carbocycles. The quantitative estimate of drug-likeness (QED) is 0.414. The van der Waals surface area contributed by atoms with Crippen LogP contribution in [0.5, 0.6) is 0 Å². The van der Waals surface area contributed by atoms with E-state index in [0.717, 1.165) is 10.0 Å². The molecule has 5 heteroatoms. The van der Waals surface area contributed by atoms with Crippen molar-refractivity contribution in [2.24, 2.45) is 0 Å². The summed E-state index contributed by atoms with van der Waals surface area (Å²) in [6, 6.07) is 7.90. The molecular weight excluding hydrogens is 324 g/mol. The first-order valence-electron chi connectivity index (χ1n) is 6.20. The van der Waals surface area contributed by atoms with E-state index in [1.165, 1.54) is 7.11 Å². The van der Waals surface area contributed by atoms with Crippen molar-refractivity contribution in [2.75, 3.05) is 20.3 Å². The van der Waals surface area contributed by atoms with Gasteiger partial charge in [0.15, 0.2) is 0 Å². The molecule has 0 N–H and O–H groups in total. The van der Waals surface area contributed by atoms with Gasteiger partial charge in [0.25, 0.3) is 0 Å². The summed E-state index contributed by atoms with van der Waals surface area (Å²) in [6.07, 6.45) is 3.87. The third-order valence-electron chi connectivity index (χ3n) is 2.49. The van der Waals surface area contributed by atoms with Crippen LogP contribution in [0.3, 0.4) is 0 Å². The van der Waals surface area contributed by atoms with Crippen LogP contribution in [0.25, 0.3) is 6.08 Å². The molecule has 1 rings (SSSR count). The van der Waals surface area contributed by atoms with Crippen LogP contribution >= 0.6 is 15.9 Å². The van der Waals surface area contributed by atoms with Crippen molar-refractivity contribution in [3.05, 3.63) is 40.4 Å². The average Bonchev–Trinajstić information content (AvgIpc) is 2.44. The zero-order valence-corrected chi connectivity index (χ0v) is 12.9. The maximum atomic E-state index is 11.3. The molecule has 0 aliphatic heterocycles. The fourth-order valence-corrected chi connectivity index (χ4v) is 1.68. The molecule has 0 aliphatic rings. The van der Waals surface area contributed by atoms with Gasteiger partial charge in [-0.2, -0.15) is 0 Å². The van der Waals surface area contributed by atoms with Gasteiger partial charge in [0.1, 0.15) is 12.2 Å². The Morgan fingerprint density at radius 2 is 1.95 bits per heavy atom. The molecule has 0 heterocycles. The van der Waals surface area contributed by atoms with E-state index in [-0.39, 0.29) is 18.6 Å². The Morgan fingerprint density at radius 3 is 2.60 bits per heavy atom. The molecule has 0 fully saturated rings. The third-order valence-corrected chi connectivity index (χ3v) is 3.02. The molecule has 20 heavy (non-hydrogen) atoms. The highest BCUT2D eigenvalue weighted by Gasteiger charge is 2.08. The highest BCUT2D eigenvalue weighted by Crippen LogP contribution is 2.11. The molecule has 4 nitrogen and oxygen atoms in total. The normalized spacial score (nSPS) is 10.7. The predicted molar refractivity (Wildman–Crippen MR) is 80.3 cm³/mol. The number of ketones is 1. The molecule has 0 amide bonds. The van der Waals surface area contributed by atoms with E-state index in [2.05, 4.69) is 20.7 Å². The summed E-state index contributed by atoms with van der Waals surface area (Å²) in [6.45, 7) is 0.738. The van der Waals surface area contributed by atoms with Gasteiger partial charge < -0.3 is 9.47 Å². The molecule has 0 aliphatic carbocycles. The second-order valence-corrected chi connectivity index (χ2v) is 4.99. The molecule has 1 aromatic rings. The Hall–Kier alpha value is -1.46. The van der Waals surface area contributed by atoms with Gasteiger partial charge in [0.05, 0.1) is 20.3 Å². The molecule has 0 atom stereocenters. The number of ether oxygens (including phenoxy) is 2. The number of Topliss-reactive ketones (excluding diaryl/α,β-unsaturated/α-hetero) is 1. The summed E-state index contributed by atoms with van der Waals surface area (Å²) in [5.74, 6) is -0.682. The van der Waals surface area contributed by atoms with Crippen LogP contribution in [-0.2, 0) is 19.1 Å². The molecule has 0 radical (unpaired) electrons. The number of carbonyl (C=O) groups is 2. The van der Waals surface area contributed by atoms with Crippen LogP contribution in [-0.4, -0.2) is 32.1 Å². The molecule has 0 aromatic heterocycles. The zero-order chi connectivity index (χ0) is 14.8. The van der Waals surface area contributed by atoms with Crippen molar-refractivity contribution < 1.29 is 19.1 Å². The van der Waals surface area contributed by atoms with E-state index in [1.807, 2.05) is 36.4 Å². The Balaban J connectivity index is 2.14. The van der Waals surface area contributed by atoms with E-state index < -0.39 is 5.97 Å². The molecule has 1 aromatic carbocycles. The van der Waals surface area contributed by atoms with Gasteiger partial charge in [-0.15, -0.1) is 0 Å². The van der Waals surface area contributed by atoms with Crippen molar-refractivity contribution in [1.29, 1.82) is 0 Å². The second-order valence-electron chi connectivity index (χ2n) is 4.07. The average molecular weight is 341 g/mol. The van der Waals surface area contributed by atoms with Crippen LogP contribution in [0.1, 0.15) is 18.4 Å². The van der Waals surface area contributed by atoms with Crippen molar-refractivity contribution in [1.82, 2.24) is 0 Å². The summed E-state index contributed by atoms with van der Waals surface area (Å²) in [7, 11) is 1.26. The lowest BCUT2D eigenvalue weighted by Gasteiger charge is -2.01. The van der Waals surface area contributed by atoms with Crippen LogP contribution in [0.2, 0.25) is 0 Å². The van der Waals surface area contributed by atoms with E-state index in [4.69, 9.17) is 4.74 Å². The highest BCUT2D eigenvalue weighted by molar-refractivity contribution is 9.10. The van der Waals surface area contributed by atoms with Gasteiger partial charge in [0.2, 0.25) is 0 Å². The first kappa shape index (κ1) is 16.6. The molecule has 0 bridgehead atoms. The first-order valence-corrected chi connectivity index (χ1v) is 6.99. The van der Waals surface area contributed by atoms with Crippen molar-refractivity contribution in [3.8, 4) is 0 Å². The Labute approximate surface area is 126 Å². The maximum Gasteiger partial charge on any atom is 0.313 e. The zero-order valence-electron chi connectivity index (χ0n) is 11.3. The van der Waals surface area contributed by atoms with Crippen molar-refractivity contribution in [2.45, 2.75) is 12.8 Å². The topological polar surface area (TPSA) is 52.6 Å². The SMILES string of the molecule is COC(=O)CC(=O)CCOC/C=C/c1ccc(Br)cc1. The van der Waals surface area contributed by atoms with Crippen LogP contribution in [0, 0.1) is 0 Å². The summed E-state index contributed by atoms with van der Waals surface area (Å²) in [5.41, 5.74) is 1.08. The molecular formula is C15H17BrO4. The smallest absolute Gasteiger partial charge is 0.313 e. The minimum atomic E-state index is -0.509. The predicted octanol–water partition coefficient (Wildman–Crippen LogP) is 3.00. The molecule has 0 spiro atoms. The maximum absolute atomic E-state index is 11.3. The van der Waals surface area contributed by atoms with E-state index in [0.29, 0.717) is 13.2 Å². The lowest BCUT2D eigenvalue weighted by atomic mass is 10.2. The van der Waals surface area contributed by atoms with Crippen molar-refractivity contribution in [3.63, 3.8) is 0 Å². The number of carbonyl (C=O) groups excluding carboxylic acids is 2. The fraction of sp³-hybridized carbons (Fsp3) is 0.333. The molecule has 108 valence electrons. The van der Waals surface area contributed by atoms with E-state index in [9.17, 15) is 9.59 Å². The van der Waals surface area contributed by atoms with E-state index in [1.54, 1.807) is 0 Å². The number of hydrogen-bond donors (Lipinski definition) is 0. The summed E-state index contributed by atoms with van der Waals surface area (Å²) in [4.78, 5) is 22.1. The number of esters is 1. The molecule has 0 unspecified atom stereocenters. The number of methoxy groups -OCH3 is 1. The highest BCUT2D eigenvalue weighted by atomic mass is 79.9. The minimum Gasteiger partial charge on any atom is -0.469 e. The number of hydrogen-bond acceptors (Lipinski definition) is 4. The largest absolute Gasteiger partial charge is 0.469 e. The minimum absolute atomic E-state index is 0.172. The Kier molecular flexibility index (Phi) is 7.84. The van der Waals surface area contributed by atoms with Gasteiger partial charge in [-0.25, -0.2) is 0 Å². The van der Waals surface area contributed by atoms with Gasteiger partial charge in [0, 0.05) is 10.9 Å². The lowest BCUT2D eigenvalue weighted by Crippen LogP contribution is -2.11. The van der Waals surface area contributed by atoms with Crippen LogP contribution < -0.4 is 0 Å². The number of rotatable bonds is 8. The van der Waals surface area contributed by atoms with Gasteiger partial charge in [-0.3, -0.25) is 9.59 Å². The standard InChI is InChI=1S/C15H17BrO4/c1-19-15(18)11-14(17)8-10-20-9-2-3-12-4-6-13(16)7-5-12/h2-7H,8-11H2,1H3/b3-2+. The monoisotopic (exact) mass is 340 g/mol. The van der Waals surface area contributed by atoms with Crippen LogP contribution in [0.15, 0.2) is 34.8 Å². The Morgan fingerprint density at radius 1 is 1.25 bits per heavy atom. The lowest BCUT2D eigenvalue weighted by molar-refractivity contribution is -0.143. The van der Waals surface area contributed by atoms with Gasteiger partial charge >= 0.3 is 5.97 Å². The van der Waals surface area contributed by atoms with Crippen molar-refractivity contribution >= 4 is 33.8 Å². The van der Waals surface area contributed by atoms with Gasteiger partial charge in [-0.05, 0) is 17.7 Å². The second kappa shape index (κ2) is 9.44. The fourth-order valence-electron chi connectivity index (χ4n) is 1.42. The third kappa shape index (κ3) is 7.21. The number of benzene rings is 1. The van der Waals surface area contributed by atoms with E-state index >= 15 is 0 Å². The summed E-state index contributed by atoms with van der Waals surface area (Å²) in [5, 5.41) is 0. The first-order chi connectivity index (χ1) is 9.61. The molecule has 0 saturated heterocycles. The summed E-state index contributed by atoms with van der Waals surface area (Å²) >= 11 is 3.37.